The Hall–Kier alpha value is -2.65. The number of fused-ring (bicyclic) bond motifs is 2. The second-order valence-electron chi connectivity index (χ2n) is 4.72. The van der Waals surface area contributed by atoms with Crippen LogP contribution in [0.25, 0.3) is 16.7 Å². The molecule has 1 N–H and O–H groups in total. The van der Waals surface area contributed by atoms with E-state index in [9.17, 15) is 15.2 Å². The number of aliphatic hydroxyl groups is 1. The Labute approximate surface area is 123 Å². The number of pyridine rings is 1. The van der Waals surface area contributed by atoms with Crippen molar-refractivity contribution in [2.45, 2.75) is 12.8 Å². The van der Waals surface area contributed by atoms with Crippen LogP contribution >= 0.6 is 11.6 Å². The van der Waals surface area contributed by atoms with E-state index < -0.39 is 4.92 Å². The zero-order valence-corrected chi connectivity index (χ0v) is 11.4. The van der Waals surface area contributed by atoms with E-state index in [1.165, 1.54) is 6.08 Å². The van der Waals surface area contributed by atoms with Gasteiger partial charge in [0.2, 0.25) is 0 Å². The van der Waals surface area contributed by atoms with Gasteiger partial charge in [0.05, 0.1) is 28.5 Å². The van der Waals surface area contributed by atoms with E-state index in [1.54, 1.807) is 12.1 Å². The molecule has 2 aliphatic rings. The molecular formula is C14H8ClN3O3. The maximum Gasteiger partial charge on any atom is 0.250 e. The lowest BCUT2D eigenvalue weighted by Crippen LogP contribution is -2.29. The van der Waals surface area contributed by atoms with E-state index in [0.717, 1.165) is 0 Å². The van der Waals surface area contributed by atoms with Gasteiger partial charge in [0.1, 0.15) is 10.8 Å². The molecule has 0 bridgehead atoms. The number of hydrogen-bond donors (Lipinski definition) is 1. The van der Waals surface area contributed by atoms with Crippen LogP contribution in [0.3, 0.4) is 0 Å². The molecule has 6 nitrogen and oxygen atoms in total. The first-order chi connectivity index (χ1) is 10.0. The van der Waals surface area contributed by atoms with E-state index in [0.29, 0.717) is 27.4 Å². The Kier molecular flexibility index (Phi) is 3.00. The molecular weight excluding hydrogens is 294 g/mol. The second kappa shape index (κ2) is 4.72. The summed E-state index contributed by atoms with van der Waals surface area (Å²) in [5, 5.41) is 31.0. The predicted octanol–water partition coefficient (Wildman–Crippen LogP) is 1.12. The topological polar surface area (TPSA) is 100 Å². The highest BCUT2D eigenvalue weighted by Crippen LogP contribution is 2.26. The lowest BCUT2D eigenvalue weighted by atomic mass is 9.97. The van der Waals surface area contributed by atoms with Crippen LogP contribution in [0, 0.1) is 21.4 Å². The summed E-state index contributed by atoms with van der Waals surface area (Å²) in [6, 6.07) is 3.71. The summed E-state index contributed by atoms with van der Waals surface area (Å²) in [6.45, 7) is 0. The summed E-state index contributed by atoms with van der Waals surface area (Å²) in [4.78, 5) is 14.7. The third-order valence-electron chi connectivity index (χ3n) is 3.44. The fourth-order valence-corrected chi connectivity index (χ4v) is 2.59. The molecule has 0 amide bonds. The molecule has 1 aromatic heterocycles. The van der Waals surface area contributed by atoms with Crippen LogP contribution in [0.1, 0.15) is 17.7 Å². The number of nitro groups is 1. The van der Waals surface area contributed by atoms with Gasteiger partial charge in [-0.05, 0) is 17.7 Å². The number of rotatable bonds is 1. The summed E-state index contributed by atoms with van der Waals surface area (Å²) in [5.74, 6) is -0.0921. The van der Waals surface area contributed by atoms with E-state index in [4.69, 9.17) is 16.9 Å². The van der Waals surface area contributed by atoms with Crippen LogP contribution in [-0.4, -0.2) is 15.0 Å². The van der Waals surface area contributed by atoms with Crippen LogP contribution in [0.4, 0.5) is 0 Å². The van der Waals surface area contributed by atoms with Gasteiger partial charge in [-0.15, -0.1) is 0 Å². The number of aromatic nitrogens is 1. The Morgan fingerprint density at radius 3 is 2.86 bits per heavy atom. The molecule has 0 aromatic carbocycles. The highest BCUT2D eigenvalue weighted by atomic mass is 35.5. The third-order valence-corrected chi connectivity index (χ3v) is 3.84. The quantitative estimate of drug-likeness (QED) is 0.619. The van der Waals surface area contributed by atoms with Crippen molar-refractivity contribution in [3.63, 3.8) is 0 Å². The molecule has 7 heteroatoms. The zero-order valence-electron chi connectivity index (χ0n) is 10.6. The smallest absolute Gasteiger partial charge is 0.250 e. The highest BCUT2D eigenvalue weighted by Gasteiger charge is 2.22. The molecule has 2 aliphatic carbocycles. The van der Waals surface area contributed by atoms with Gasteiger partial charge >= 0.3 is 0 Å². The number of aliphatic hydroxyl groups excluding tert-OH is 1. The third kappa shape index (κ3) is 2.08. The van der Waals surface area contributed by atoms with Gasteiger partial charge in [-0.1, -0.05) is 11.6 Å². The molecule has 0 radical (unpaired) electrons. The van der Waals surface area contributed by atoms with Gasteiger partial charge in [0.15, 0.2) is 0 Å². The molecule has 21 heavy (non-hydrogen) atoms. The minimum absolute atomic E-state index is 0.0461. The first kappa shape index (κ1) is 13.3. The summed E-state index contributed by atoms with van der Waals surface area (Å²) >= 11 is 6.05. The van der Waals surface area contributed by atoms with Crippen molar-refractivity contribution in [2.24, 2.45) is 0 Å². The molecule has 0 aliphatic heterocycles. The molecule has 0 saturated heterocycles. The molecule has 3 rings (SSSR count). The first-order valence-corrected chi connectivity index (χ1v) is 6.45. The fourth-order valence-electron chi connectivity index (χ4n) is 2.38. The maximum atomic E-state index is 10.8. The minimum atomic E-state index is -0.438. The molecule has 1 aromatic rings. The van der Waals surface area contributed by atoms with Gasteiger partial charge in [-0.25, -0.2) is 4.98 Å². The molecule has 0 fully saturated rings. The summed E-state index contributed by atoms with van der Waals surface area (Å²) in [6.07, 6.45) is 3.13. The van der Waals surface area contributed by atoms with Crippen LogP contribution < -0.4 is 10.6 Å². The predicted molar refractivity (Wildman–Crippen MR) is 75.8 cm³/mol. The SMILES string of the molecule is N#CC1=c2cc3c(nc2C(Cl)=C(O)C1)=CC=C([N+](=O)[O-])C3. The summed E-state index contributed by atoms with van der Waals surface area (Å²) in [5.41, 5.74) is 1.42. The average molecular weight is 302 g/mol. The number of nitriles is 1. The highest BCUT2D eigenvalue weighted by molar-refractivity contribution is 6.49. The van der Waals surface area contributed by atoms with E-state index in [2.05, 4.69) is 4.98 Å². The van der Waals surface area contributed by atoms with Crippen molar-refractivity contribution in [2.75, 3.05) is 0 Å². The monoisotopic (exact) mass is 301 g/mol. The average Bonchev–Trinajstić information content (AvgIpc) is 2.48. The minimum Gasteiger partial charge on any atom is -0.510 e. The van der Waals surface area contributed by atoms with E-state index in [-0.39, 0.29) is 29.3 Å². The second-order valence-corrected chi connectivity index (χ2v) is 5.09. The van der Waals surface area contributed by atoms with Crippen LogP contribution in [-0.2, 0) is 6.42 Å². The fraction of sp³-hybridized carbons (Fsp3) is 0.143. The van der Waals surface area contributed by atoms with Crippen molar-refractivity contribution in [1.82, 2.24) is 4.98 Å². The molecule has 0 atom stereocenters. The Bertz CT molecular complexity index is 907. The standard InChI is InChI=1S/C14H8ClN3O3/c15-13-12(19)5-8(6-16)10-4-7-3-9(18(20)21)1-2-11(7)17-14(10)13/h1-2,4,19H,3,5H2. The Morgan fingerprint density at radius 2 is 2.19 bits per heavy atom. The first-order valence-electron chi connectivity index (χ1n) is 6.07. The molecule has 1 heterocycles. The molecule has 0 spiro atoms. The van der Waals surface area contributed by atoms with Gasteiger partial charge < -0.3 is 5.11 Å². The number of halogens is 1. The lowest BCUT2D eigenvalue weighted by Gasteiger charge is -2.14. The van der Waals surface area contributed by atoms with Crippen molar-refractivity contribution < 1.29 is 10.0 Å². The number of nitrogens with zero attached hydrogens (tertiary/aromatic N) is 3. The van der Waals surface area contributed by atoms with E-state index >= 15 is 0 Å². The summed E-state index contributed by atoms with van der Waals surface area (Å²) < 4.78 is 0. The molecule has 0 saturated carbocycles. The van der Waals surface area contributed by atoms with Crippen molar-refractivity contribution in [3.05, 3.63) is 55.5 Å². The number of allylic oxidation sites excluding steroid dienone is 3. The maximum absolute atomic E-state index is 10.8. The summed E-state index contributed by atoms with van der Waals surface area (Å²) in [7, 11) is 0. The lowest BCUT2D eigenvalue weighted by molar-refractivity contribution is -0.427. The normalized spacial score (nSPS) is 16.4. The largest absolute Gasteiger partial charge is 0.510 e. The molecule has 104 valence electrons. The van der Waals surface area contributed by atoms with Crippen molar-refractivity contribution in [1.29, 1.82) is 5.26 Å². The van der Waals surface area contributed by atoms with Gasteiger partial charge in [-0.2, -0.15) is 5.26 Å². The van der Waals surface area contributed by atoms with Gasteiger partial charge in [0.25, 0.3) is 5.70 Å². The van der Waals surface area contributed by atoms with Gasteiger partial charge in [0, 0.05) is 23.3 Å². The Morgan fingerprint density at radius 1 is 1.43 bits per heavy atom. The zero-order chi connectivity index (χ0) is 15.1. The number of hydrogen-bond acceptors (Lipinski definition) is 5. The van der Waals surface area contributed by atoms with Gasteiger partial charge in [-0.3, -0.25) is 10.1 Å². The van der Waals surface area contributed by atoms with E-state index in [1.807, 2.05) is 6.07 Å². The van der Waals surface area contributed by atoms with Crippen molar-refractivity contribution >= 4 is 28.3 Å². The van der Waals surface area contributed by atoms with Crippen LogP contribution in [0.5, 0.6) is 0 Å². The van der Waals surface area contributed by atoms with Crippen LogP contribution in [0.2, 0.25) is 0 Å². The van der Waals surface area contributed by atoms with Crippen molar-refractivity contribution in [3.8, 4) is 6.07 Å². The Balaban J connectivity index is 2.31. The molecule has 0 unspecified atom stereocenters. The van der Waals surface area contributed by atoms with Crippen LogP contribution in [0.15, 0.2) is 23.6 Å².